The molecule has 0 radical (unpaired) electrons. The quantitative estimate of drug-likeness (QED) is 0.760. The van der Waals surface area contributed by atoms with E-state index in [1.165, 1.54) is 10.4 Å². The second kappa shape index (κ2) is 6.28. The average molecular weight is 373 g/mol. The molecule has 4 heterocycles. The van der Waals surface area contributed by atoms with Crippen molar-refractivity contribution in [3.63, 3.8) is 0 Å². The first-order valence-corrected chi connectivity index (χ1v) is 9.73. The van der Waals surface area contributed by atoms with Gasteiger partial charge in [0.1, 0.15) is 11.2 Å². The third kappa shape index (κ3) is 3.07. The minimum Gasteiger partial charge on any atom is -0.370 e. The maximum Gasteiger partial charge on any atom is 0.290 e. The molecular formula is C18H23N5O2S. The Labute approximate surface area is 155 Å². The molecule has 0 spiro atoms. The zero-order chi connectivity index (χ0) is 18.5. The van der Waals surface area contributed by atoms with E-state index in [1.807, 2.05) is 0 Å². The Morgan fingerprint density at radius 2 is 2.27 bits per heavy atom. The third-order valence-corrected chi connectivity index (χ3v) is 5.73. The van der Waals surface area contributed by atoms with Gasteiger partial charge in [0, 0.05) is 17.8 Å². The van der Waals surface area contributed by atoms with Crippen molar-refractivity contribution in [1.82, 2.24) is 24.9 Å². The highest BCUT2D eigenvalue weighted by Crippen LogP contribution is 2.39. The standard InChI is InChI=1S/C18H23N5O2S/c1-10(2)5-6-19-16(24)14-21-15-13-11-7-18(3,4)25-8-12(11)26-17(13)20-9-23(15)22-14/h9-10H,5-8H2,1-4H3,(H,19,24). The zero-order valence-corrected chi connectivity index (χ0v) is 16.3. The summed E-state index contributed by atoms with van der Waals surface area (Å²) < 4.78 is 7.52. The number of carbonyl (C=O) groups excluding carboxylic acids is 1. The third-order valence-electron chi connectivity index (χ3n) is 4.62. The molecule has 1 aliphatic heterocycles. The van der Waals surface area contributed by atoms with Gasteiger partial charge in [-0.2, -0.15) is 0 Å². The van der Waals surface area contributed by atoms with Crippen molar-refractivity contribution in [2.75, 3.05) is 6.54 Å². The molecule has 4 rings (SSSR count). The number of hydrogen-bond donors (Lipinski definition) is 1. The molecule has 8 heteroatoms. The van der Waals surface area contributed by atoms with Crippen LogP contribution >= 0.6 is 11.3 Å². The summed E-state index contributed by atoms with van der Waals surface area (Å²) in [6.07, 6.45) is 3.36. The lowest BCUT2D eigenvalue weighted by Gasteiger charge is -2.30. The molecule has 0 saturated carbocycles. The van der Waals surface area contributed by atoms with Crippen molar-refractivity contribution in [1.29, 1.82) is 0 Å². The lowest BCUT2D eigenvalue weighted by atomic mass is 9.94. The Morgan fingerprint density at radius 1 is 1.46 bits per heavy atom. The first-order valence-electron chi connectivity index (χ1n) is 8.92. The molecular weight excluding hydrogens is 350 g/mol. The van der Waals surface area contributed by atoms with Crippen molar-refractivity contribution in [3.8, 4) is 0 Å². The normalized spacial score (nSPS) is 16.3. The van der Waals surface area contributed by atoms with Crippen LogP contribution in [0.2, 0.25) is 0 Å². The van der Waals surface area contributed by atoms with Crippen LogP contribution < -0.4 is 5.32 Å². The van der Waals surface area contributed by atoms with Gasteiger partial charge in [0.15, 0.2) is 5.65 Å². The summed E-state index contributed by atoms with van der Waals surface area (Å²) in [7, 11) is 0. The summed E-state index contributed by atoms with van der Waals surface area (Å²) in [5.41, 5.74) is 1.70. The van der Waals surface area contributed by atoms with Crippen LogP contribution in [0.25, 0.3) is 15.9 Å². The van der Waals surface area contributed by atoms with Crippen molar-refractivity contribution in [3.05, 3.63) is 22.6 Å². The highest BCUT2D eigenvalue weighted by molar-refractivity contribution is 7.19. The van der Waals surface area contributed by atoms with Crippen LogP contribution in [0.5, 0.6) is 0 Å². The monoisotopic (exact) mass is 373 g/mol. The first-order chi connectivity index (χ1) is 12.3. The number of thiophene rings is 1. The Morgan fingerprint density at radius 3 is 3.04 bits per heavy atom. The maximum absolute atomic E-state index is 12.4. The largest absolute Gasteiger partial charge is 0.370 e. The van der Waals surface area contributed by atoms with Gasteiger partial charge in [-0.25, -0.2) is 14.5 Å². The number of fused-ring (bicyclic) bond motifs is 5. The van der Waals surface area contributed by atoms with Gasteiger partial charge in [-0.15, -0.1) is 16.4 Å². The molecule has 3 aromatic heterocycles. The fraction of sp³-hybridized carbons (Fsp3) is 0.556. The maximum atomic E-state index is 12.4. The Balaban J connectivity index is 1.73. The summed E-state index contributed by atoms with van der Waals surface area (Å²) in [5.74, 6) is 0.487. The fourth-order valence-electron chi connectivity index (χ4n) is 3.19. The molecule has 138 valence electrons. The van der Waals surface area contributed by atoms with Gasteiger partial charge in [0.05, 0.1) is 17.6 Å². The number of carbonyl (C=O) groups is 1. The van der Waals surface area contributed by atoms with E-state index >= 15 is 0 Å². The van der Waals surface area contributed by atoms with Gasteiger partial charge < -0.3 is 10.1 Å². The van der Waals surface area contributed by atoms with E-state index in [-0.39, 0.29) is 17.3 Å². The number of aromatic nitrogens is 4. The SMILES string of the molecule is CC(C)CCNC(=O)c1nc2c3c4c(sc3ncn2n1)COC(C)(C)C4. The van der Waals surface area contributed by atoms with E-state index in [0.717, 1.165) is 23.1 Å². The average Bonchev–Trinajstić information content (AvgIpc) is 3.13. The first kappa shape index (κ1) is 17.4. The summed E-state index contributed by atoms with van der Waals surface area (Å²) in [6, 6.07) is 0. The van der Waals surface area contributed by atoms with Gasteiger partial charge >= 0.3 is 0 Å². The van der Waals surface area contributed by atoms with Crippen LogP contribution in [0.4, 0.5) is 0 Å². The van der Waals surface area contributed by atoms with Gasteiger partial charge in [-0.3, -0.25) is 4.79 Å². The minimum absolute atomic E-state index is 0.189. The van der Waals surface area contributed by atoms with Crippen LogP contribution in [0, 0.1) is 5.92 Å². The summed E-state index contributed by atoms with van der Waals surface area (Å²) in [4.78, 5) is 23.5. The van der Waals surface area contributed by atoms with Crippen molar-refractivity contribution >= 4 is 33.1 Å². The van der Waals surface area contributed by atoms with Crippen LogP contribution in [0.1, 0.15) is 55.2 Å². The number of amides is 1. The predicted molar refractivity (Wildman–Crippen MR) is 101 cm³/mol. The Bertz CT molecular complexity index is 988. The molecule has 3 aromatic rings. The number of ether oxygens (including phenoxy) is 1. The number of nitrogens with one attached hydrogen (secondary N) is 1. The van der Waals surface area contributed by atoms with E-state index in [1.54, 1.807) is 22.2 Å². The van der Waals surface area contributed by atoms with E-state index < -0.39 is 0 Å². The summed E-state index contributed by atoms with van der Waals surface area (Å²) in [6.45, 7) is 9.64. The molecule has 0 fully saturated rings. The van der Waals surface area contributed by atoms with Gasteiger partial charge in [-0.1, -0.05) is 13.8 Å². The molecule has 0 atom stereocenters. The molecule has 1 amide bonds. The summed E-state index contributed by atoms with van der Waals surface area (Å²) >= 11 is 1.63. The molecule has 0 bridgehead atoms. The van der Waals surface area contributed by atoms with Gasteiger partial charge in [0.2, 0.25) is 5.82 Å². The highest BCUT2D eigenvalue weighted by atomic mass is 32.1. The van der Waals surface area contributed by atoms with Crippen LogP contribution in [0.3, 0.4) is 0 Å². The molecule has 26 heavy (non-hydrogen) atoms. The fourth-order valence-corrected chi connectivity index (χ4v) is 4.26. The Hall–Kier alpha value is -2.06. The smallest absolute Gasteiger partial charge is 0.290 e. The van der Waals surface area contributed by atoms with E-state index in [0.29, 0.717) is 24.7 Å². The van der Waals surface area contributed by atoms with Crippen LogP contribution in [-0.4, -0.2) is 37.6 Å². The minimum atomic E-state index is -0.240. The molecule has 0 unspecified atom stereocenters. The molecule has 0 aromatic carbocycles. The van der Waals surface area contributed by atoms with Crippen molar-refractivity contribution in [2.45, 2.75) is 52.7 Å². The van der Waals surface area contributed by atoms with Crippen LogP contribution in [-0.2, 0) is 17.8 Å². The van der Waals surface area contributed by atoms with Gasteiger partial charge in [0.25, 0.3) is 5.91 Å². The van der Waals surface area contributed by atoms with Crippen LogP contribution in [0.15, 0.2) is 6.33 Å². The molecule has 1 N–H and O–H groups in total. The van der Waals surface area contributed by atoms with E-state index in [9.17, 15) is 4.79 Å². The lowest BCUT2D eigenvalue weighted by molar-refractivity contribution is -0.0379. The topological polar surface area (TPSA) is 81.4 Å². The second-order valence-corrected chi connectivity index (χ2v) is 8.88. The van der Waals surface area contributed by atoms with E-state index in [2.05, 4.69) is 48.1 Å². The number of hydrogen-bond acceptors (Lipinski definition) is 6. The predicted octanol–water partition coefficient (Wildman–Crippen LogP) is 2.97. The molecule has 7 nitrogen and oxygen atoms in total. The molecule has 0 aliphatic carbocycles. The van der Waals surface area contributed by atoms with E-state index in [4.69, 9.17) is 4.74 Å². The molecule has 0 saturated heterocycles. The highest BCUT2D eigenvalue weighted by Gasteiger charge is 2.31. The zero-order valence-electron chi connectivity index (χ0n) is 15.5. The van der Waals surface area contributed by atoms with Crippen molar-refractivity contribution < 1.29 is 9.53 Å². The molecule has 1 aliphatic rings. The second-order valence-electron chi connectivity index (χ2n) is 7.80. The number of nitrogens with zero attached hydrogens (tertiary/aromatic N) is 4. The summed E-state index contributed by atoms with van der Waals surface area (Å²) in [5, 5.41) is 8.22. The lowest BCUT2D eigenvalue weighted by Crippen LogP contribution is -2.31. The van der Waals surface area contributed by atoms with Crippen molar-refractivity contribution in [2.24, 2.45) is 5.92 Å². The van der Waals surface area contributed by atoms with Gasteiger partial charge in [-0.05, 0) is 31.7 Å². The Kier molecular flexibility index (Phi) is 4.19. The number of rotatable bonds is 4.